The van der Waals surface area contributed by atoms with Crippen LogP contribution in [0.25, 0.3) is 0 Å². The molecule has 0 fully saturated rings. The zero-order valence-corrected chi connectivity index (χ0v) is 11.0. The molecule has 0 bridgehead atoms. The van der Waals surface area contributed by atoms with E-state index in [1.807, 2.05) is 13.8 Å². The van der Waals surface area contributed by atoms with Gasteiger partial charge in [0.05, 0.1) is 5.54 Å². The second-order valence-corrected chi connectivity index (χ2v) is 3.57. The third-order valence-corrected chi connectivity index (χ3v) is 1.87. The van der Waals surface area contributed by atoms with Crippen molar-refractivity contribution in [2.45, 2.75) is 46.6 Å². The van der Waals surface area contributed by atoms with Crippen molar-refractivity contribution < 1.29 is 12.4 Å². The molecule has 0 aliphatic heterocycles. The maximum absolute atomic E-state index is 11.4. The van der Waals surface area contributed by atoms with Crippen molar-refractivity contribution >= 4 is 11.8 Å². The fourth-order valence-corrected chi connectivity index (χ4v) is 1.03. The van der Waals surface area contributed by atoms with Gasteiger partial charge in [0.1, 0.15) is 0 Å². The highest BCUT2D eigenvalue weighted by atomic mass is 16.2. The van der Waals surface area contributed by atoms with Gasteiger partial charge in [0.15, 0.2) is 5.78 Å². The van der Waals surface area contributed by atoms with Gasteiger partial charge in [-0.25, -0.2) is 4.79 Å². The van der Waals surface area contributed by atoms with Crippen molar-refractivity contribution in [2.24, 2.45) is 5.73 Å². The Bertz CT molecular complexity index is 224. The predicted molar refractivity (Wildman–Crippen MR) is 70.5 cm³/mol. The minimum atomic E-state index is -0.812. The number of hydrogen-bond donors (Lipinski definition) is 3. The number of nitrogens with one attached hydrogen (secondary N) is 2. The number of Topliss-reactive ketones (excluding diaryl/α,β-unsaturated/α-hetero) is 1. The van der Waals surface area contributed by atoms with Crippen LogP contribution in [0.3, 0.4) is 0 Å². The third-order valence-electron chi connectivity index (χ3n) is 1.87. The number of nitrogens with two attached hydrogens (primary N) is 1. The standard InChI is InChI=1S/C9H19N3O2.C2H6.2H2/c1-4-7(13)9(2,3)12-8(14)11-6-5-10;1-2;;/h4-6,10H2,1-3H3,(H2,11,12,14);1-2H3;2*1H. The molecule has 4 N–H and O–H groups in total. The van der Waals surface area contributed by atoms with Gasteiger partial charge >= 0.3 is 6.03 Å². The number of urea groups is 1. The van der Waals surface area contributed by atoms with Crippen molar-refractivity contribution in [2.75, 3.05) is 13.1 Å². The molecule has 2 amide bonds. The van der Waals surface area contributed by atoms with Crippen LogP contribution in [-0.4, -0.2) is 30.4 Å². The van der Waals surface area contributed by atoms with E-state index in [2.05, 4.69) is 10.6 Å². The number of hydrogen-bond acceptors (Lipinski definition) is 3. The normalized spacial score (nSPS) is 9.88. The van der Waals surface area contributed by atoms with Crippen LogP contribution in [0.5, 0.6) is 0 Å². The fourth-order valence-electron chi connectivity index (χ4n) is 1.03. The Morgan fingerprint density at radius 2 is 1.81 bits per heavy atom. The summed E-state index contributed by atoms with van der Waals surface area (Å²) in [6, 6.07) is -0.359. The van der Waals surface area contributed by atoms with Gasteiger partial charge in [-0.05, 0) is 13.8 Å². The first-order chi connectivity index (χ1) is 7.44. The van der Waals surface area contributed by atoms with Crippen LogP contribution in [0.4, 0.5) is 4.79 Å². The largest absolute Gasteiger partial charge is 0.337 e. The molecule has 0 rings (SSSR count). The maximum Gasteiger partial charge on any atom is 0.315 e. The van der Waals surface area contributed by atoms with E-state index < -0.39 is 5.54 Å². The van der Waals surface area contributed by atoms with Crippen LogP contribution in [0.1, 0.15) is 43.9 Å². The quantitative estimate of drug-likeness (QED) is 0.675. The molecule has 5 heteroatoms. The van der Waals surface area contributed by atoms with Crippen molar-refractivity contribution in [3.63, 3.8) is 0 Å². The molecule has 0 heterocycles. The van der Waals surface area contributed by atoms with E-state index in [1.54, 1.807) is 20.8 Å². The zero-order valence-electron chi connectivity index (χ0n) is 11.0. The number of ketones is 1. The summed E-state index contributed by atoms with van der Waals surface area (Å²) in [4.78, 5) is 22.6. The van der Waals surface area contributed by atoms with Crippen molar-refractivity contribution in [3.8, 4) is 0 Å². The molecule has 0 aromatic carbocycles. The highest BCUT2D eigenvalue weighted by Crippen LogP contribution is 2.05. The number of carbonyl (C=O) groups excluding carboxylic acids is 2. The topological polar surface area (TPSA) is 84.2 Å². The predicted octanol–water partition coefficient (Wildman–Crippen LogP) is 1.52. The van der Waals surface area contributed by atoms with E-state index in [0.717, 1.165) is 0 Å². The lowest BCUT2D eigenvalue weighted by Crippen LogP contribution is -2.53. The minimum absolute atomic E-state index is 0. The molecule has 0 aliphatic rings. The fraction of sp³-hybridized carbons (Fsp3) is 0.818. The molecule has 16 heavy (non-hydrogen) atoms. The number of amides is 2. The monoisotopic (exact) mass is 235 g/mol. The lowest BCUT2D eigenvalue weighted by molar-refractivity contribution is -0.123. The van der Waals surface area contributed by atoms with Gasteiger partial charge < -0.3 is 16.4 Å². The molecule has 100 valence electrons. The van der Waals surface area contributed by atoms with Gasteiger partial charge in [-0.3, -0.25) is 4.79 Å². The molecule has 0 saturated carbocycles. The lowest BCUT2D eigenvalue weighted by Gasteiger charge is -2.24. The summed E-state index contributed by atoms with van der Waals surface area (Å²) in [5.74, 6) is 0.000369. The SMILES string of the molecule is CC.CCC(=O)C(C)(C)NC(=O)NCCN.[HH].[HH]. The summed E-state index contributed by atoms with van der Waals surface area (Å²) in [6.07, 6.45) is 0.407. The van der Waals surface area contributed by atoms with E-state index in [-0.39, 0.29) is 14.7 Å². The Hall–Kier alpha value is -1.10. The molecule has 0 saturated heterocycles. The zero-order chi connectivity index (χ0) is 13.2. The Labute approximate surface area is 101 Å². The summed E-state index contributed by atoms with van der Waals surface area (Å²) in [5, 5.41) is 5.13. The van der Waals surface area contributed by atoms with Crippen LogP contribution < -0.4 is 16.4 Å². The van der Waals surface area contributed by atoms with E-state index in [1.165, 1.54) is 0 Å². The highest BCUT2D eigenvalue weighted by molar-refractivity contribution is 5.91. The lowest BCUT2D eigenvalue weighted by atomic mass is 9.97. The number of rotatable bonds is 5. The molecular formula is C11H29N3O2. The molecule has 0 aliphatic carbocycles. The average molecular weight is 235 g/mol. The minimum Gasteiger partial charge on any atom is -0.337 e. The van der Waals surface area contributed by atoms with E-state index in [4.69, 9.17) is 5.73 Å². The molecule has 5 nitrogen and oxygen atoms in total. The van der Waals surface area contributed by atoms with E-state index in [9.17, 15) is 9.59 Å². The average Bonchev–Trinajstić information content (AvgIpc) is 2.27. The van der Waals surface area contributed by atoms with Crippen molar-refractivity contribution in [3.05, 3.63) is 0 Å². The van der Waals surface area contributed by atoms with Crippen LogP contribution in [0.2, 0.25) is 0 Å². The molecule has 0 unspecified atom stereocenters. The summed E-state index contributed by atoms with van der Waals surface area (Å²) >= 11 is 0. The van der Waals surface area contributed by atoms with Gasteiger partial charge in [0, 0.05) is 22.4 Å². The molecule has 0 aromatic heterocycles. The van der Waals surface area contributed by atoms with Crippen LogP contribution in [0.15, 0.2) is 0 Å². The molecule has 0 spiro atoms. The third kappa shape index (κ3) is 7.23. The Morgan fingerprint density at radius 3 is 2.19 bits per heavy atom. The highest BCUT2D eigenvalue weighted by Gasteiger charge is 2.27. The Balaban J connectivity index is -0.000000232. The number of carbonyl (C=O) groups is 2. The first-order valence-corrected chi connectivity index (χ1v) is 5.73. The van der Waals surface area contributed by atoms with E-state index >= 15 is 0 Å². The van der Waals surface area contributed by atoms with Crippen LogP contribution in [0, 0.1) is 0 Å². The summed E-state index contributed by atoms with van der Waals surface area (Å²) in [6.45, 7) is 9.92. The van der Waals surface area contributed by atoms with Crippen molar-refractivity contribution in [1.29, 1.82) is 0 Å². The summed E-state index contributed by atoms with van der Waals surface area (Å²) < 4.78 is 0. The van der Waals surface area contributed by atoms with E-state index in [0.29, 0.717) is 19.5 Å². The molecule has 0 atom stereocenters. The molecule has 0 aromatic rings. The van der Waals surface area contributed by atoms with Gasteiger partial charge in [0.25, 0.3) is 0 Å². The van der Waals surface area contributed by atoms with Gasteiger partial charge in [-0.2, -0.15) is 0 Å². The van der Waals surface area contributed by atoms with Gasteiger partial charge in [0.2, 0.25) is 0 Å². The van der Waals surface area contributed by atoms with Crippen LogP contribution >= 0.6 is 0 Å². The second-order valence-electron chi connectivity index (χ2n) is 3.57. The first kappa shape index (κ1) is 17.3. The Morgan fingerprint density at radius 1 is 1.31 bits per heavy atom. The summed E-state index contributed by atoms with van der Waals surface area (Å²) in [7, 11) is 0. The first-order valence-electron chi connectivity index (χ1n) is 5.73. The van der Waals surface area contributed by atoms with Gasteiger partial charge in [-0.15, -0.1) is 0 Å². The maximum atomic E-state index is 11.4. The van der Waals surface area contributed by atoms with Crippen molar-refractivity contribution in [1.82, 2.24) is 10.6 Å². The van der Waals surface area contributed by atoms with Gasteiger partial charge in [-0.1, -0.05) is 20.8 Å². The molecular weight excluding hydrogens is 206 g/mol. The molecule has 0 radical (unpaired) electrons. The smallest absolute Gasteiger partial charge is 0.315 e. The Kier molecular flexibility index (Phi) is 9.89. The summed E-state index contributed by atoms with van der Waals surface area (Å²) in [5.41, 5.74) is 4.41. The van der Waals surface area contributed by atoms with Crippen LogP contribution in [-0.2, 0) is 4.79 Å². The second kappa shape index (κ2) is 9.15.